The van der Waals surface area contributed by atoms with Crippen LogP contribution in [0.5, 0.6) is 11.5 Å². The highest BCUT2D eigenvalue weighted by Crippen LogP contribution is 2.35. The zero-order valence-corrected chi connectivity index (χ0v) is 25.5. The number of nitrogens with zero attached hydrogens (tertiary/aromatic N) is 5. The molecule has 0 bridgehead atoms. The van der Waals surface area contributed by atoms with Gasteiger partial charge in [0.1, 0.15) is 22.8 Å². The Morgan fingerprint density at radius 2 is 1.33 bits per heavy atom. The molecule has 0 radical (unpaired) electrons. The SMILES string of the molecule is CC(C)(C)c1cc(-c2ccn(-c3cccc(Oc4ccc5c6cccnc6n6ccnc6c5c4)c3)n2)cc(C(C)(C)C)c1. The molecule has 43 heavy (non-hydrogen) atoms. The highest BCUT2D eigenvalue weighted by Gasteiger charge is 2.21. The Labute approximate surface area is 251 Å². The quantitative estimate of drug-likeness (QED) is 0.200. The van der Waals surface area contributed by atoms with Crippen LogP contribution in [0.2, 0.25) is 0 Å². The minimum absolute atomic E-state index is 0.0420. The van der Waals surface area contributed by atoms with Gasteiger partial charge in [0.25, 0.3) is 0 Å². The molecule has 0 fully saturated rings. The molecule has 6 nitrogen and oxygen atoms in total. The van der Waals surface area contributed by atoms with E-state index in [1.165, 1.54) is 11.1 Å². The molecule has 0 aliphatic carbocycles. The fraction of sp³-hybridized carbons (Fsp3) is 0.216. The first kappa shape index (κ1) is 26.9. The predicted molar refractivity (Wildman–Crippen MR) is 174 cm³/mol. The third-order valence-electron chi connectivity index (χ3n) is 8.05. The number of hydrogen-bond donors (Lipinski definition) is 0. The van der Waals surface area contributed by atoms with Gasteiger partial charge in [-0.05, 0) is 88.0 Å². The van der Waals surface area contributed by atoms with Crippen LogP contribution in [-0.2, 0) is 10.8 Å². The zero-order valence-electron chi connectivity index (χ0n) is 25.5. The van der Waals surface area contributed by atoms with E-state index in [-0.39, 0.29) is 10.8 Å². The largest absolute Gasteiger partial charge is 0.457 e. The maximum atomic E-state index is 6.39. The van der Waals surface area contributed by atoms with Crippen LogP contribution in [0.4, 0.5) is 0 Å². The minimum atomic E-state index is 0.0420. The second-order valence-corrected chi connectivity index (χ2v) is 13.2. The lowest BCUT2D eigenvalue weighted by molar-refractivity contribution is 0.483. The van der Waals surface area contributed by atoms with E-state index in [9.17, 15) is 0 Å². The van der Waals surface area contributed by atoms with Crippen molar-refractivity contribution in [1.29, 1.82) is 0 Å². The van der Waals surface area contributed by atoms with Gasteiger partial charge in [0.05, 0.1) is 11.4 Å². The van der Waals surface area contributed by atoms with Crippen LogP contribution in [-0.4, -0.2) is 24.1 Å². The fourth-order valence-electron chi connectivity index (χ4n) is 5.57. The summed E-state index contributed by atoms with van der Waals surface area (Å²) in [6.07, 6.45) is 7.58. The molecular formula is C37H35N5O. The zero-order chi connectivity index (χ0) is 29.9. The van der Waals surface area contributed by atoms with Gasteiger partial charge in [-0.3, -0.25) is 4.40 Å². The molecule has 0 aliphatic rings. The van der Waals surface area contributed by atoms with Gasteiger partial charge in [-0.2, -0.15) is 5.10 Å². The van der Waals surface area contributed by atoms with Gasteiger partial charge < -0.3 is 4.74 Å². The second-order valence-electron chi connectivity index (χ2n) is 13.2. The summed E-state index contributed by atoms with van der Waals surface area (Å²) in [4.78, 5) is 9.21. The van der Waals surface area contributed by atoms with Gasteiger partial charge in [-0.25, -0.2) is 14.6 Å². The van der Waals surface area contributed by atoms with Gasteiger partial charge in [-0.1, -0.05) is 53.7 Å². The summed E-state index contributed by atoms with van der Waals surface area (Å²) in [7, 11) is 0. The molecular weight excluding hydrogens is 530 g/mol. The average Bonchev–Trinajstić information content (AvgIpc) is 3.68. The van der Waals surface area contributed by atoms with Gasteiger partial charge in [0.15, 0.2) is 0 Å². The molecule has 4 heterocycles. The molecule has 3 aromatic carbocycles. The van der Waals surface area contributed by atoms with E-state index < -0.39 is 0 Å². The highest BCUT2D eigenvalue weighted by molar-refractivity contribution is 6.11. The number of pyridine rings is 2. The topological polar surface area (TPSA) is 57.2 Å². The van der Waals surface area contributed by atoms with Crippen molar-refractivity contribution in [1.82, 2.24) is 24.1 Å². The van der Waals surface area contributed by atoms with Gasteiger partial charge in [-0.15, -0.1) is 0 Å². The van der Waals surface area contributed by atoms with Crippen LogP contribution in [0.3, 0.4) is 0 Å². The minimum Gasteiger partial charge on any atom is -0.457 e. The lowest BCUT2D eigenvalue weighted by Gasteiger charge is -2.26. The first-order valence-electron chi connectivity index (χ1n) is 14.7. The molecule has 6 heteroatoms. The number of ether oxygens (including phenoxy) is 1. The molecule has 0 unspecified atom stereocenters. The first-order chi connectivity index (χ1) is 20.5. The van der Waals surface area contributed by atoms with Crippen molar-refractivity contribution < 1.29 is 4.74 Å². The number of benzene rings is 3. The molecule has 0 amide bonds. The maximum Gasteiger partial charge on any atom is 0.146 e. The molecule has 0 aliphatic heterocycles. The Bertz CT molecular complexity index is 2110. The summed E-state index contributed by atoms with van der Waals surface area (Å²) < 4.78 is 10.3. The van der Waals surface area contributed by atoms with Gasteiger partial charge in [0.2, 0.25) is 0 Å². The number of hydrogen-bond acceptors (Lipinski definition) is 4. The van der Waals surface area contributed by atoms with Crippen LogP contribution in [0.25, 0.3) is 44.4 Å². The summed E-state index contributed by atoms with van der Waals surface area (Å²) in [6, 6.07) is 27.2. The van der Waals surface area contributed by atoms with E-state index in [0.29, 0.717) is 0 Å². The number of imidazole rings is 1. The molecule has 7 rings (SSSR count). The van der Waals surface area contributed by atoms with E-state index in [1.54, 1.807) is 0 Å². The lowest BCUT2D eigenvalue weighted by Crippen LogP contribution is -2.16. The normalized spacial score (nSPS) is 12.4. The molecule has 0 saturated heterocycles. The molecule has 4 aromatic heterocycles. The van der Waals surface area contributed by atoms with Crippen molar-refractivity contribution in [3.05, 3.63) is 115 Å². The summed E-state index contributed by atoms with van der Waals surface area (Å²) in [5.41, 5.74) is 7.47. The molecule has 0 N–H and O–H groups in total. The summed E-state index contributed by atoms with van der Waals surface area (Å²) in [5.74, 6) is 1.48. The third kappa shape index (κ3) is 4.93. The van der Waals surface area contributed by atoms with E-state index in [0.717, 1.165) is 55.9 Å². The van der Waals surface area contributed by atoms with Crippen LogP contribution in [0.1, 0.15) is 52.7 Å². The monoisotopic (exact) mass is 565 g/mol. The number of fused-ring (bicyclic) bond motifs is 6. The van der Waals surface area contributed by atoms with Crippen molar-refractivity contribution in [3.8, 4) is 28.4 Å². The molecule has 214 valence electrons. The summed E-state index contributed by atoms with van der Waals surface area (Å²) >= 11 is 0. The molecule has 0 saturated carbocycles. The van der Waals surface area contributed by atoms with Crippen molar-refractivity contribution in [2.24, 2.45) is 0 Å². The summed E-state index contributed by atoms with van der Waals surface area (Å²) in [6.45, 7) is 13.6. The second kappa shape index (κ2) is 9.80. The van der Waals surface area contributed by atoms with Crippen LogP contribution < -0.4 is 4.74 Å². The van der Waals surface area contributed by atoms with E-state index in [2.05, 4.69) is 94.0 Å². The Balaban J connectivity index is 1.22. The standard InChI is InChI=1S/C37H35N5O/c1-36(2,3)25-19-24(20-26(21-25)37(4,5)6)33-14-17-42(40-33)27-9-7-10-28(22-27)43-29-12-13-30-31-11-8-15-38-34(31)41-18-16-39-35(41)32(30)23-29/h7-23H,1-6H3. The Hall–Kier alpha value is -4.97. The average molecular weight is 566 g/mol. The van der Waals surface area contributed by atoms with Gasteiger partial charge >= 0.3 is 0 Å². The molecule has 7 aromatic rings. The van der Waals surface area contributed by atoms with Crippen LogP contribution in [0, 0.1) is 0 Å². The van der Waals surface area contributed by atoms with E-state index in [1.807, 2.05) is 70.3 Å². The Morgan fingerprint density at radius 3 is 2.09 bits per heavy atom. The van der Waals surface area contributed by atoms with Crippen molar-refractivity contribution >= 4 is 27.5 Å². The summed E-state index contributed by atoms with van der Waals surface area (Å²) in [5, 5.41) is 8.18. The van der Waals surface area contributed by atoms with E-state index >= 15 is 0 Å². The highest BCUT2D eigenvalue weighted by atomic mass is 16.5. The predicted octanol–water partition coefficient (Wildman–Crippen LogP) is 9.28. The van der Waals surface area contributed by atoms with Crippen LogP contribution >= 0.6 is 0 Å². The maximum absolute atomic E-state index is 6.39. The first-order valence-corrected chi connectivity index (χ1v) is 14.7. The van der Waals surface area contributed by atoms with Crippen molar-refractivity contribution in [3.63, 3.8) is 0 Å². The number of rotatable bonds is 4. The van der Waals surface area contributed by atoms with Crippen molar-refractivity contribution in [2.75, 3.05) is 0 Å². The van der Waals surface area contributed by atoms with Gasteiger partial charge in [0, 0.05) is 47.2 Å². The lowest BCUT2D eigenvalue weighted by atomic mass is 9.79. The Morgan fingerprint density at radius 1 is 0.605 bits per heavy atom. The van der Waals surface area contributed by atoms with E-state index in [4.69, 9.17) is 9.84 Å². The smallest absolute Gasteiger partial charge is 0.146 e. The number of aromatic nitrogens is 5. The fourth-order valence-corrected chi connectivity index (χ4v) is 5.57. The molecule has 0 spiro atoms. The van der Waals surface area contributed by atoms with Crippen molar-refractivity contribution in [2.45, 2.75) is 52.4 Å². The molecule has 0 atom stereocenters. The Kier molecular flexibility index (Phi) is 6.13. The third-order valence-corrected chi connectivity index (χ3v) is 8.05. The van der Waals surface area contributed by atoms with Crippen LogP contribution in [0.15, 0.2) is 104 Å².